The molecule has 1 fully saturated rings. The first-order chi connectivity index (χ1) is 7.70. The molecule has 88 valence electrons. The van der Waals surface area contributed by atoms with Gasteiger partial charge in [-0.15, -0.1) is 0 Å². The highest BCUT2D eigenvalue weighted by Crippen LogP contribution is 2.25. The summed E-state index contributed by atoms with van der Waals surface area (Å²) in [4.78, 5) is 0. The van der Waals surface area contributed by atoms with Crippen LogP contribution in [-0.2, 0) is 4.74 Å². The molecule has 0 saturated carbocycles. The molecule has 1 aliphatic rings. The van der Waals surface area contributed by atoms with Gasteiger partial charge in [0.1, 0.15) is 5.75 Å². The van der Waals surface area contributed by atoms with Gasteiger partial charge in [0.2, 0.25) is 0 Å². The van der Waals surface area contributed by atoms with E-state index in [4.69, 9.17) is 9.47 Å². The zero-order chi connectivity index (χ0) is 11.5. The van der Waals surface area contributed by atoms with Crippen LogP contribution in [0, 0.1) is 0 Å². The maximum Gasteiger partial charge on any atom is 0.118 e. The molecule has 1 aliphatic heterocycles. The van der Waals surface area contributed by atoms with E-state index in [1.807, 2.05) is 12.1 Å². The van der Waals surface area contributed by atoms with Crippen LogP contribution in [0.2, 0.25) is 0 Å². The van der Waals surface area contributed by atoms with Crippen molar-refractivity contribution in [3.63, 3.8) is 0 Å². The molecule has 1 heterocycles. The van der Waals surface area contributed by atoms with Crippen LogP contribution in [0.5, 0.6) is 5.75 Å². The van der Waals surface area contributed by atoms with E-state index in [0.29, 0.717) is 6.04 Å². The van der Waals surface area contributed by atoms with Crippen LogP contribution in [-0.4, -0.2) is 25.8 Å². The van der Waals surface area contributed by atoms with Gasteiger partial charge in [0.15, 0.2) is 0 Å². The molecule has 1 N–H and O–H groups in total. The second-order valence-corrected chi connectivity index (χ2v) is 4.30. The molecule has 0 amide bonds. The molecule has 16 heavy (non-hydrogen) atoms. The highest BCUT2D eigenvalue weighted by atomic mass is 16.5. The van der Waals surface area contributed by atoms with E-state index in [0.717, 1.165) is 12.3 Å². The molecule has 3 atom stereocenters. The Balaban J connectivity index is 2.06. The molecule has 2 rings (SSSR count). The molecule has 1 aromatic rings. The first kappa shape index (κ1) is 11.4. The number of morpholine rings is 1. The minimum atomic E-state index is 0.150. The fourth-order valence-electron chi connectivity index (χ4n) is 1.90. The molecule has 3 heteroatoms. The van der Waals surface area contributed by atoms with E-state index in [1.165, 1.54) is 5.56 Å². The first-order valence-electron chi connectivity index (χ1n) is 5.73. The number of hydrogen-bond donors (Lipinski definition) is 1. The van der Waals surface area contributed by atoms with Gasteiger partial charge < -0.3 is 14.8 Å². The third-order valence-electron chi connectivity index (χ3n) is 3.20. The molecule has 0 spiro atoms. The van der Waals surface area contributed by atoms with Gasteiger partial charge in [0, 0.05) is 12.6 Å². The van der Waals surface area contributed by atoms with E-state index < -0.39 is 0 Å². The number of benzene rings is 1. The first-order valence-corrected chi connectivity index (χ1v) is 5.73. The van der Waals surface area contributed by atoms with Crippen molar-refractivity contribution in [2.45, 2.75) is 32.1 Å². The Morgan fingerprint density at radius 2 is 1.94 bits per heavy atom. The lowest BCUT2D eigenvalue weighted by Crippen LogP contribution is -2.46. The van der Waals surface area contributed by atoms with Crippen LogP contribution < -0.4 is 10.1 Å². The second-order valence-electron chi connectivity index (χ2n) is 4.30. The molecule has 3 nitrogen and oxygen atoms in total. The molecule has 1 aromatic carbocycles. The Hall–Kier alpha value is -1.06. The Morgan fingerprint density at radius 3 is 2.50 bits per heavy atom. The van der Waals surface area contributed by atoms with Gasteiger partial charge in [-0.05, 0) is 31.5 Å². The van der Waals surface area contributed by atoms with E-state index in [9.17, 15) is 0 Å². The SMILES string of the molecule is COc1ccc(C2CNC(C)C(C)O2)cc1. The summed E-state index contributed by atoms with van der Waals surface area (Å²) in [6.45, 7) is 5.13. The molecule has 0 aliphatic carbocycles. The van der Waals surface area contributed by atoms with Crippen molar-refractivity contribution in [2.75, 3.05) is 13.7 Å². The summed E-state index contributed by atoms with van der Waals surface area (Å²) in [6.07, 6.45) is 0.401. The Bertz CT molecular complexity index is 336. The predicted molar refractivity (Wildman–Crippen MR) is 63.7 cm³/mol. The van der Waals surface area contributed by atoms with Crippen molar-refractivity contribution in [3.05, 3.63) is 29.8 Å². The van der Waals surface area contributed by atoms with Gasteiger partial charge in [0.05, 0.1) is 19.3 Å². The maximum absolute atomic E-state index is 5.95. The van der Waals surface area contributed by atoms with Crippen LogP contribution >= 0.6 is 0 Å². The Morgan fingerprint density at radius 1 is 1.25 bits per heavy atom. The Kier molecular flexibility index (Phi) is 3.46. The smallest absolute Gasteiger partial charge is 0.118 e. The lowest BCUT2D eigenvalue weighted by Gasteiger charge is -2.34. The molecule has 0 aromatic heterocycles. The number of methoxy groups -OCH3 is 1. The molecule has 3 unspecified atom stereocenters. The lowest BCUT2D eigenvalue weighted by atomic mass is 10.1. The maximum atomic E-state index is 5.95. The largest absolute Gasteiger partial charge is 0.497 e. The van der Waals surface area contributed by atoms with Gasteiger partial charge in [-0.3, -0.25) is 0 Å². The van der Waals surface area contributed by atoms with Crippen LogP contribution in [0.15, 0.2) is 24.3 Å². The van der Waals surface area contributed by atoms with Crippen LogP contribution in [0.4, 0.5) is 0 Å². The third-order valence-corrected chi connectivity index (χ3v) is 3.20. The average molecular weight is 221 g/mol. The highest BCUT2D eigenvalue weighted by Gasteiger charge is 2.25. The summed E-state index contributed by atoms with van der Waals surface area (Å²) >= 11 is 0. The summed E-state index contributed by atoms with van der Waals surface area (Å²) in [7, 11) is 1.68. The van der Waals surface area contributed by atoms with Crippen molar-refractivity contribution in [3.8, 4) is 5.75 Å². The predicted octanol–water partition coefficient (Wildman–Crippen LogP) is 2.13. The fourth-order valence-corrected chi connectivity index (χ4v) is 1.90. The average Bonchev–Trinajstić information content (AvgIpc) is 2.33. The van der Waals surface area contributed by atoms with E-state index in [-0.39, 0.29) is 12.2 Å². The quantitative estimate of drug-likeness (QED) is 0.830. The Labute approximate surface area is 96.8 Å². The van der Waals surface area contributed by atoms with Gasteiger partial charge in [-0.25, -0.2) is 0 Å². The van der Waals surface area contributed by atoms with Crippen molar-refractivity contribution in [1.29, 1.82) is 0 Å². The van der Waals surface area contributed by atoms with Gasteiger partial charge in [-0.2, -0.15) is 0 Å². The van der Waals surface area contributed by atoms with Gasteiger partial charge >= 0.3 is 0 Å². The normalized spacial score (nSPS) is 30.1. The zero-order valence-corrected chi connectivity index (χ0v) is 10.1. The summed E-state index contributed by atoms with van der Waals surface area (Å²) in [5.74, 6) is 0.883. The van der Waals surface area contributed by atoms with Crippen molar-refractivity contribution in [2.24, 2.45) is 0 Å². The summed E-state index contributed by atoms with van der Waals surface area (Å²) in [5.41, 5.74) is 1.20. The lowest BCUT2D eigenvalue weighted by molar-refractivity contribution is -0.0508. The number of ether oxygens (including phenoxy) is 2. The zero-order valence-electron chi connectivity index (χ0n) is 10.1. The summed E-state index contributed by atoms with van der Waals surface area (Å²) in [5, 5.41) is 3.45. The van der Waals surface area contributed by atoms with Crippen LogP contribution in [0.25, 0.3) is 0 Å². The topological polar surface area (TPSA) is 30.5 Å². The molecular weight excluding hydrogens is 202 g/mol. The minimum absolute atomic E-state index is 0.150. The van der Waals surface area contributed by atoms with E-state index >= 15 is 0 Å². The third kappa shape index (κ3) is 2.36. The monoisotopic (exact) mass is 221 g/mol. The van der Waals surface area contributed by atoms with Crippen LogP contribution in [0.1, 0.15) is 25.5 Å². The van der Waals surface area contributed by atoms with E-state index in [1.54, 1.807) is 7.11 Å². The standard InChI is InChI=1S/C13H19NO2/c1-9-10(2)16-13(8-14-9)11-4-6-12(15-3)7-5-11/h4-7,9-10,13-14H,8H2,1-3H3. The fraction of sp³-hybridized carbons (Fsp3) is 0.538. The van der Waals surface area contributed by atoms with Crippen molar-refractivity contribution < 1.29 is 9.47 Å². The van der Waals surface area contributed by atoms with Crippen LogP contribution in [0.3, 0.4) is 0 Å². The van der Waals surface area contributed by atoms with Gasteiger partial charge in [0.25, 0.3) is 0 Å². The minimum Gasteiger partial charge on any atom is -0.497 e. The summed E-state index contributed by atoms with van der Waals surface area (Å²) < 4.78 is 11.1. The summed E-state index contributed by atoms with van der Waals surface area (Å²) in [6, 6.07) is 8.50. The van der Waals surface area contributed by atoms with Crippen molar-refractivity contribution in [1.82, 2.24) is 5.32 Å². The molecule has 0 bridgehead atoms. The number of rotatable bonds is 2. The van der Waals surface area contributed by atoms with Gasteiger partial charge in [-0.1, -0.05) is 12.1 Å². The highest BCUT2D eigenvalue weighted by molar-refractivity contribution is 5.28. The second kappa shape index (κ2) is 4.85. The molecule has 1 saturated heterocycles. The van der Waals surface area contributed by atoms with Crippen molar-refractivity contribution >= 4 is 0 Å². The molecule has 0 radical (unpaired) electrons. The van der Waals surface area contributed by atoms with E-state index in [2.05, 4.69) is 31.3 Å². The number of hydrogen-bond acceptors (Lipinski definition) is 3. The molecular formula is C13H19NO2. The number of nitrogens with one attached hydrogen (secondary N) is 1.